The zero-order valence-corrected chi connectivity index (χ0v) is 9.17. The molecule has 1 heterocycles. The Morgan fingerprint density at radius 2 is 2.00 bits per heavy atom. The Hall–Kier alpha value is -2.50. The molecular weight excluding hydrogens is 220 g/mol. The minimum atomic E-state index is -0.551. The van der Waals surface area contributed by atoms with E-state index in [2.05, 4.69) is 27.1 Å². The molecule has 0 saturated carbocycles. The minimum Gasteiger partial charge on any atom is -0.497 e. The maximum Gasteiger partial charge on any atom is 0.365 e. The molecule has 0 spiro atoms. The van der Waals surface area contributed by atoms with Crippen LogP contribution in [0.5, 0.6) is 5.75 Å². The second kappa shape index (κ2) is 4.56. The van der Waals surface area contributed by atoms with Gasteiger partial charge in [-0.3, -0.25) is 5.32 Å². The molecule has 0 aromatic heterocycles. The van der Waals surface area contributed by atoms with Crippen molar-refractivity contribution in [1.29, 1.82) is 0 Å². The number of carbonyl (C=O) groups excluding carboxylic acids is 1. The van der Waals surface area contributed by atoms with E-state index in [1.54, 1.807) is 31.4 Å². The van der Waals surface area contributed by atoms with Crippen LogP contribution in [-0.4, -0.2) is 19.0 Å². The van der Waals surface area contributed by atoms with Crippen molar-refractivity contribution in [3.05, 3.63) is 36.5 Å². The molecule has 2 amide bonds. The summed E-state index contributed by atoms with van der Waals surface area (Å²) in [5, 5.41) is 9.35. The summed E-state index contributed by atoms with van der Waals surface area (Å²) in [4.78, 5) is 15.2. The molecule has 1 aliphatic rings. The number of nitrogens with zero attached hydrogens (tertiary/aromatic N) is 3. The molecule has 6 nitrogen and oxygen atoms in total. The summed E-state index contributed by atoms with van der Waals surface area (Å²) < 4.78 is 5.03. The molecule has 17 heavy (non-hydrogen) atoms. The highest BCUT2D eigenvalue weighted by atomic mass is 16.5. The van der Waals surface area contributed by atoms with E-state index in [0.29, 0.717) is 17.2 Å². The average Bonchev–Trinajstić information content (AvgIpc) is 2.35. The van der Waals surface area contributed by atoms with Crippen LogP contribution in [0.15, 0.2) is 51.8 Å². The van der Waals surface area contributed by atoms with Gasteiger partial charge in [-0.05, 0) is 24.3 Å². The van der Waals surface area contributed by atoms with E-state index in [4.69, 9.17) is 4.74 Å². The summed E-state index contributed by atoms with van der Waals surface area (Å²) in [7, 11) is 1.59. The van der Waals surface area contributed by atoms with E-state index in [1.165, 1.54) is 0 Å². The number of methoxy groups -OCH3 is 1. The van der Waals surface area contributed by atoms with Crippen molar-refractivity contribution in [3.63, 3.8) is 0 Å². The maximum absolute atomic E-state index is 11.0. The molecule has 0 aliphatic carbocycles. The number of ether oxygens (including phenoxy) is 1. The zero-order valence-electron chi connectivity index (χ0n) is 9.17. The molecule has 6 heteroatoms. The first-order valence-corrected chi connectivity index (χ1v) is 4.84. The summed E-state index contributed by atoms with van der Waals surface area (Å²) >= 11 is 0. The molecule has 0 unspecified atom stereocenters. The molecular formula is C11H10N4O2. The minimum absolute atomic E-state index is 0.301. The van der Waals surface area contributed by atoms with Gasteiger partial charge >= 0.3 is 6.03 Å². The van der Waals surface area contributed by atoms with E-state index >= 15 is 0 Å². The SMILES string of the molecule is C=C1N=NC(=O)NC1=Nc1ccc(OC)cc1. The first kappa shape index (κ1) is 11.0. The average molecular weight is 230 g/mol. The highest BCUT2D eigenvalue weighted by molar-refractivity contribution is 6.09. The highest BCUT2D eigenvalue weighted by Gasteiger charge is 2.14. The van der Waals surface area contributed by atoms with Crippen LogP contribution in [-0.2, 0) is 0 Å². The molecule has 1 aliphatic heterocycles. The van der Waals surface area contributed by atoms with Crippen LogP contribution >= 0.6 is 0 Å². The van der Waals surface area contributed by atoms with Crippen molar-refractivity contribution in [1.82, 2.24) is 5.32 Å². The Balaban J connectivity index is 2.26. The Morgan fingerprint density at radius 1 is 1.29 bits per heavy atom. The standard InChI is InChI=1S/C11H10N4O2/c1-7-10(13-11(16)15-14-7)12-8-3-5-9(17-2)6-4-8/h3-6H,1H2,2H3,(H,12,13,16). The molecule has 2 rings (SSSR count). The summed E-state index contributed by atoms with van der Waals surface area (Å²) in [5.74, 6) is 1.04. The Bertz CT molecular complexity index is 517. The van der Waals surface area contributed by atoms with E-state index < -0.39 is 6.03 Å². The van der Waals surface area contributed by atoms with Gasteiger partial charge in [0, 0.05) is 0 Å². The number of aliphatic imine (C=N–C) groups is 1. The number of rotatable bonds is 2. The van der Waals surface area contributed by atoms with Gasteiger partial charge in [0.05, 0.1) is 12.8 Å². The van der Waals surface area contributed by atoms with Crippen LogP contribution in [0, 0.1) is 0 Å². The molecule has 1 aromatic carbocycles. The van der Waals surface area contributed by atoms with Crippen molar-refractivity contribution in [3.8, 4) is 5.75 Å². The molecule has 0 fully saturated rings. The maximum atomic E-state index is 11.0. The summed E-state index contributed by atoms with van der Waals surface area (Å²) in [5.41, 5.74) is 0.986. The van der Waals surface area contributed by atoms with Gasteiger partial charge in [-0.15, -0.1) is 5.11 Å². The first-order chi connectivity index (χ1) is 8.19. The third kappa shape index (κ3) is 2.54. The first-order valence-electron chi connectivity index (χ1n) is 4.84. The largest absolute Gasteiger partial charge is 0.497 e. The van der Waals surface area contributed by atoms with Crippen LogP contribution in [0.2, 0.25) is 0 Å². The normalized spacial score (nSPS) is 17.1. The molecule has 1 N–H and O–H groups in total. The number of nitrogens with one attached hydrogen (secondary N) is 1. The number of hydrogen-bond donors (Lipinski definition) is 1. The zero-order chi connectivity index (χ0) is 12.3. The van der Waals surface area contributed by atoms with Gasteiger partial charge < -0.3 is 4.74 Å². The lowest BCUT2D eigenvalue weighted by atomic mass is 10.3. The van der Waals surface area contributed by atoms with Crippen LogP contribution in [0.1, 0.15) is 0 Å². The van der Waals surface area contributed by atoms with Crippen molar-refractivity contribution in [2.24, 2.45) is 15.2 Å². The third-order valence-corrected chi connectivity index (χ3v) is 2.07. The van der Waals surface area contributed by atoms with Gasteiger partial charge in [-0.1, -0.05) is 11.7 Å². The van der Waals surface area contributed by atoms with Gasteiger partial charge in [-0.2, -0.15) is 0 Å². The smallest absolute Gasteiger partial charge is 0.365 e. The van der Waals surface area contributed by atoms with E-state index in [0.717, 1.165) is 5.75 Å². The summed E-state index contributed by atoms with van der Waals surface area (Å²) in [6, 6.07) is 6.51. The summed E-state index contributed by atoms with van der Waals surface area (Å²) in [6.45, 7) is 3.63. The Kier molecular flexibility index (Phi) is 2.95. The van der Waals surface area contributed by atoms with Crippen LogP contribution in [0.25, 0.3) is 0 Å². The lowest BCUT2D eigenvalue weighted by Crippen LogP contribution is -2.31. The molecule has 86 valence electrons. The van der Waals surface area contributed by atoms with Gasteiger partial charge in [-0.25, -0.2) is 9.79 Å². The number of carbonyl (C=O) groups is 1. The van der Waals surface area contributed by atoms with Crippen molar-refractivity contribution >= 4 is 17.6 Å². The fourth-order valence-electron chi connectivity index (χ4n) is 1.23. The monoisotopic (exact) mass is 230 g/mol. The lowest BCUT2D eigenvalue weighted by molar-refractivity contribution is 0.251. The number of hydrogen-bond acceptors (Lipinski definition) is 4. The molecule has 0 saturated heterocycles. The van der Waals surface area contributed by atoms with E-state index in [9.17, 15) is 4.79 Å². The third-order valence-electron chi connectivity index (χ3n) is 2.07. The molecule has 0 bridgehead atoms. The predicted molar refractivity (Wildman–Crippen MR) is 62.6 cm³/mol. The topological polar surface area (TPSA) is 75.4 Å². The highest BCUT2D eigenvalue weighted by Crippen LogP contribution is 2.19. The fraction of sp³-hybridized carbons (Fsp3) is 0.0909. The van der Waals surface area contributed by atoms with Gasteiger partial charge in [0.2, 0.25) is 0 Å². The van der Waals surface area contributed by atoms with Crippen LogP contribution in [0.3, 0.4) is 0 Å². The number of amidine groups is 1. The second-order valence-electron chi connectivity index (χ2n) is 3.24. The van der Waals surface area contributed by atoms with Crippen LogP contribution < -0.4 is 10.1 Å². The van der Waals surface area contributed by atoms with E-state index in [1.807, 2.05) is 0 Å². The second-order valence-corrected chi connectivity index (χ2v) is 3.24. The van der Waals surface area contributed by atoms with Crippen molar-refractivity contribution in [2.45, 2.75) is 0 Å². The molecule has 0 atom stereocenters. The quantitative estimate of drug-likeness (QED) is 0.846. The van der Waals surface area contributed by atoms with Crippen LogP contribution in [0.4, 0.5) is 10.5 Å². The summed E-state index contributed by atoms with van der Waals surface area (Å²) in [6.07, 6.45) is 0. The molecule has 1 aromatic rings. The van der Waals surface area contributed by atoms with Gasteiger partial charge in [0.25, 0.3) is 0 Å². The predicted octanol–water partition coefficient (Wildman–Crippen LogP) is 2.41. The number of amides is 2. The lowest BCUT2D eigenvalue weighted by Gasteiger charge is -2.09. The van der Waals surface area contributed by atoms with Gasteiger partial charge in [0.15, 0.2) is 5.84 Å². The van der Waals surface area contributed by atoms with Gasteiger partial charge in [0.1, 0.15) is 11.4 Å². The van der Waals surface area contributed by atoms with Crippen molar-refractivity contribution < 1.29 is 9.53 Å². The Morgan fingerprint density at radius 3 is 2.65 bits per heavy atom. The van der Waals surface area contributed by atoms with Crippen molar-refractivity contribution in [2.75, 3.05) is 7.11 Å². The fourth-order valence-corrected chi connectivity index (χ4v) is 1.23. The van der Waals surface area contributed by atoms with E-state index in [-0.39, 0.29) is 0 Å². The molecule has 0 radical (unpaired) electrons. The number of azo groups is 1. The number of benzene rings is 1. The Labute approximate surface area is 97.7 Å². The number of urea groups is 1.